The van der Waals surface area contributed by atoms with Crippen molar-refractivity contribution in [3.05, 3.63) is 75.5 Å². The fourth-order valence-corrected chi connectivity index (χ4v) is 4.05. The van der Waals surface area contributed by atoms with E-state index in [1.807, 2.05) is 67.3 Å². The van der Waals surface area contributed by atoms with Crippen LogP contribution in [-0.2, 0) is 11.3 Å². The zero-order valence-electron chi connectivity index (χ0n) is 17.0. The quantitative estimate of drug-likeness (QED) is 0.608. The maximum Gasteiger partial charge on any atom is 0.255 e. The Kier molecular flexibility index (Phi) is 5.72. The summed E-state index contributed by atoms with van der Waals surface area (Å²) in [4.78, 5) is 26.5. The van der Waals surface area contributed by atoms with Crippen molar-refractivity contribution >= 4 is 33.4 Å². The van der Waals surface area contributed by atoms with Crippen LogP contribution in [0, 0.1) is 13.8 Å². The zero-order valence-corrected chi connectivity index (χ0v) is 18.6. The van der Waals surface area contributed by atoms with Crippen LogP contribution in [0.4, 0.5) is 5.69 Å². The highest BCUT2D eigenvalue weighted by Crippen LogP contribution is 2.22. The van der Waals surface area contributed by atoms with Gasteiger partial charge in [-0.15, -0.1) is 0 Å². The van der Waals surface area contributed by atoms with Gasteiger partial charge in [-0.25, -0.2) is 4.68 Å². The molecule has 1 N–H and O–H groups in total. The third kappa shape index (κ3) is 4.03. The minimum atomic E-state index is -0.146. The molecule has 1 aromatic heterocycles. The normalized spacial score (nSPS) is 13.7. The summed E-state index contributed by atoms with van der Waals surface area (Å²) in [7, 11) is 0. The number of rotatable bonds is 5. The van der Waals surface area contributed by atoms with Gasteiger partial charge in [0, 0.05) is 29.7 Å². The van der Waals surface area contributed by atoms with Crippen LogP contribution < -0.4 is 10.2 Å². The second-order valence-electron chi connectivity index (χ2n) is 7.43. The van der Waals surface area contributed by atoms with E-state index in [1.165, 1.54) is 0 Å². The Morgan fingerprint density at radius 2 is 1.73 bits per heavy atom. The molecule has 7 heteroatoms. The average Bonchev–Trinajstić information content (AvgIpc) is 3.30. The van der Waals surface area contributed by atoms with Crippen LogP contribution in [0.1, 0.15) is 40.2 Å². The molecule has 1 aliphatic rings. The predicted octanol–water partition coefficient (Wildman–Crippen LogP) is 4.31. The van der Waals surface area contributed by atoms with Crippen molar-refractivity contribution in [1.29, 1.82) is 0 Å². The van der Waals surface area contributed by atoms with Crippen LogP contribution in [0.2, 0.25) is 0 Å². The SMILES string of the molecule is Cc1nn(-c2ccc(Br)cc2)c(C)c1C(=O)NCc1ccc(N2CCCC2=O)cc1. The number of nitrogens with zero attached hydrogens (tertiary/aromatic N) is 3. The Hall–Kier alpha value is -2.93. The third-order valence-corrected chi connectivity index (χ3v) is 5.89. The molecule has 0 unspecified atom stereocenters. The van der Waals surface area contributed by atoms with E-state index in [2.05, 4.69) is 26.3 Å². The van der Waals surface area contributed by atoms with Crippen LogP contribution in [0.3, 0.4) is 0 Å². The van der Waals surface area contributed by atoms with E-state index in [0.717, 1.165) is 40.1 Å². The maximum atomic E-state index is 12.9. The van der Waals surface area contributed by atoms with Gasteiger partial charge in [0.25, 0.3) is 5.91 Å². The smallest absolute Gasteiger partial charge is 0.255 e. The molecule has 4 rings (SSSR count). The van der Waals surface area contributed by atoms with Crippen molar-refractivity contribution < 1.29 is 9.59 Å². The molecule has 2 aromatic carbocycles. The molecular formula is C23H23BrN4O2. The van der Waals surface area contributed by atoms with Crippen molar-refractivity contribution in [2.24, 2.45) is 0 Å². The highest BCUT2D eigenvalue weighted by Gasteiger charge is 2.22. The first-order valence-corrected chi connectivity index (χ1v) is 10.7. The number of aryl methyl sites for hydroxylation is 1. The van der Waals surface area contributed by atoms with E-state index in [1.54, 1.807) is 4.68 Å². The second kappa shape index (κ2) is 8.44. The summed E-state index contributed by atoms with van der Waals surface area (Å²) in [5.74, 6) is 0.0250. The summed E-state index contributed by atoms with van der Waals surface area (Å²) < 4.78 is 2.78. The Morgan fingerprint density at radius 3 is 2.37 bits per heavy atom. The molecule has 6 nitrogen and oxygen atoms in total. The third-order valence-electron chi connectivity index (χ3n) is 5.36. The van der Waals surface area contributed by atoms with Crippen LogP contribution >= 0.6 is 15.9 Å². The minimum absolute atomic E-state index is 0.146. The van der Waals surface area contributed by atoms with Crippen LogP contribution in [0.5, 0.6) is 0 Å². The number of hydrogen-bond donors (Lipinski definition) is 1. The van der Waals surface area contributed by atoms with Gasteiger partial charge in [0.1, 0.15) is 0 Å². The van der Waals surface area contributed by atoms with Gasteiger partial charge in [0.15, 0.2) is 0 Å². The fraction of sp³-hybridized carbons (Fsp3) is 0.261. The highest BCUT2D eigenvalue weighted by atomic mass is 79.9. The second-order valence-corrected chi connectivity index (χ2v) is 8.35. The molecule has 154 valence electrons. The van der Waals surface area contributed by atoms with Crippen LogP contribution in [0.15, 0.2) is 53.0 Å². The van der Waals surface area contributed by atoms with Gasteiger partial charge in [0.2, 0.25) is 5.91 Å². The molecule has 3 aromatic rings. The standard InChI is InChI=1S/C23H23BrN4O2/c1-15-22(16(2)28(26-15)20-11-7-18(24)8-12-20)23(30)25-14-17-5-9-19(10-6-17)27-13-3-4-21(27)29/h5-12H,3-4,13-14H2,1-2H3,(H,25,30). The van der Waals surface area contributed by atoms with Crippen LogP contribution in [0.25, 0.3) is 5.69 Å². The maximum absolute atomic E-state index is 12.9. The number of hydrogen-bond acceptors (Lipinski definition) is 3. The van der Waals surface area contributed by atoms with E-state index in [-0.39, 0.29) is 11.8 Å². The molecule has 0 spiro atoms. The lowest BCUT2D eigenvalue weighted by Crippen LogP contribution is -2.25. The van der Waals surface area contributed by atoms with E-state index < -0.39 is 0 Å². The van der Waals surface area contributed by atoms with Gasteiger partial charge >= 0.3 is 0 Å². The van der Waals surface area contributed by atoms with Gasteiger partial charge in [-0.05, 0) is 62.2 Å². The summed E-state index contributed by atoms with van der Waals surface area (Å²) in [6.45, 7) is 4.93. The van der Waals surface area contributed by atoms with Crippen molar-refractivity contribution in [3.8, 4) is 5.69 Å². The summed E-state index contributed by atoms with van der Waals surface area (Å²) >= 11 is 3.44. The number of halogens is 1. The monoisotopic (exact) mass is 466 g/mol. The molecule has 1 fully saturated rings. The number of anilines is 1. The first kappa shape index (κ1) is 20.3. The summed E-state index contributed by atoms with van der Waals surface area (Å²) in [6.07, 6.45) is 1.52. The largest absolute Gasteiger partial charge is 0.348 e. The van der Waals surface area contributed by atoms with E-state index in [0.29, 0.717) is 24.2 Å². The molecule has 0 atom stereocenters. The Morgan fingerprint density at radius 1 is 1.07 bits per heavy atom. The van der Waals surface area contributed by atoms with E-state index in [4.69, 9.17) is 0 Å². The topological polar surface area (TPSA) is 67.2 Å². The van der Waals surface area contributed by atoms with E-state index >= 15 is 0 Å². The number of carbonyl (C=O) groups is 2. The van der Waals surface area contributed by atoms with Crippen molar-refractivity contribution in [2.75, 3.05) is 11.4 Å². The number of nitrogens with one attached hydrogen (secondary N) is 1. The molecule has 0 saturated carbocycles. The van der Waals surface area contributed by atoms with Gasteiger partial charge in [0.05, 0.1) is 22.6 Å². The minimum Gasteiger partial charge on any atom is -0.348 e. The Balaban J connectivity index is 1.45. The summed E-state index contributed by atoms with van der Waals surface area (Å²) in [5, 5.41) is 7.54. The molecule has 0 radical (unpaired) electrons. The first-order chi connectivity index (χ1) is 14.4. The lowest BCUT2D eigenvalue weighted by atomic mass is 10.1. The molecule has 2 amide bonds. The van der Waals surface area contributed by atoms with Gasteiger partial charge in [-0.1, -0.05) is 28.1 Å². The lowest BCUT2D eigenvalue weighted by molar-refractivity contribution is -0.117. The number of benzene rings is 2. The van der Waals surface area contributed by atoms with Gasteiger partial charge in [-0.3, -0.25) is 9.59 Å². The Bertz CT molecular complexity index is 1090. The molecule has 1 saturated heterocycles. The highest BCUT2D eigenvalue weighted by molar-refractivity contribution is 9.10. The van der Waals surface area contributed by atoms with Crippen molar-refractivity contribution in [2.45, 2.75) is 33.2 Å². The first-order valence-electron chi connectivity index (χ1n) is 9.93. The van der Waals surface area contributed by atoms with Gasteiger partial charge in [-0.2, -0.15) is 5.10 Å². The number of aromatic nitrogens is 2. The molecule has 1 aliphatic heterocycles. The predicted molar refractivity (Wildman–Crippen MR) is 120 cm³/mol. The number of amides is 2. The Labute approximate surface area is 184 Å². The van der Waals surface area contributed by atoms with E-state index in [9.17, 15) is 9.59 Å². The summed E-state index contributed by atoms with van der Waals surface area (Å²) in [5.41, 5.74) is 4.89. The number of carbonyl (C=O) groups excluding carboxylic acids is 2. The van der Waals surface area contributed by atoms with Crippen molar-refractivity contribution in [3.63, 3.8) is 0 Å². The average molecular weight is 467 g/mol. The van der Waals surface area contributed by atoms with Gasteiger partial charge < -0.3 is 10.2 Å². The lowest BCUT2D eigenvalue weighted by Gasteiger charge is -2.16. The zero-order chi connectivity index (χ0) is 21.3. The molecule has 30 heavy (non-hydrogen) atoms. The fourth-order valence-electron chi connectivity index (χ4n) is 3.79. The molecule has 2 heterocycles. The van der Waals surface area contributed by atoms with Crippen LogP contribution in [-0.4, -0.2) is 28.1 Å². The molecular weight excluding hydrogens is 444 g/mol. The molecule has 0 bridgehead atoms. The summed E-state index contributed by atoms with van der Waals surface area (Å²) in [6, 6.07) is 15.6. The molecule has 0 aliphatic carbocycles. The van der Waals surface area contributed by atoms with Crippen molar-refractivity contribution in [1.82, 2.24) is 15.1 Å².